The molecular weight excluding hydrogens is 452 g/mol. The Morgan fingerprint density at radius 2 is 1.82 bits per heavy atom. The Morgan fingerprint density at radius 3 is 2.50 bits per heavy atom. The highest BCUT2D eigenvalue weighted by molar-refractivity contribution is 9.10. The van der Waals surface area contributed by atoms with E-state index in [1.165, 1.54) is 40.7 Å². The Kier molecular flexibility index (Phi) is 6.14. The molecule has 0 saturated carbocycles. The molecule has 2 aromatic rings. The van der Waals surface area contributed by atoms with Crippen molar-refractivity contribution in [3.05, 3.63) is 58.1 Å². The third kappa shape index (κ3) is 4.41. The van der Waals surface area contributed by atoms with Crippen molar-refractivity contribution in [3.8, 4) is 0 Å². The minimum absolute atomic E-state index is 0.00341. The Morgan fingerprint density at radius 1 is 1.11 bits per heavy atom. The van der Waals surface area contributed by atoms with E-state index in [2.05, 4.69) is 21.2 Å². The number of benzene rings is 2. The fourth-order valence-corrected chi connectivity index (χ4v) is 4.55. The van der Waals surface area contributed by atoms with Gasteiger partial charge in [-0.3, -0.25) is 4.79 Å². The topological polar surface area (TPSA) is 113 Å². The molecular formula is C18H17BrN2O6S. The van der Waals surface area contributed by atoms with Gasteiger partial charge < -0.3 is 15.2 Å². The van der Waals surface area contributed by atoms with Crippen LogP contribution in [0.4, 0.5) is 5.69 Å². The summed E-state index contributed by atoms with van der Waals surface area (Å²) < 4.78 is 32.6. The van der Waals surface area contributed by atoms with Crippen LogP contribution in [0.15, 0.2) is 51.8 Å². The number of carboxylic acids is 1. The Labute approximate surface area is 170 Å². The fourth-order valence-electron chi connectivity index (χ4n) is 2.73. The summed E-state index contributed by atoms with van der Waals surface area (Å²) in [6, 6.07) is 10.1. The molecule has 1 aliphatic heterocycles. The van der Waals surface area contributed by atoms with Crippen molar-refractivity contribution in [2.24, 2.45) is 0 Å². The first-order valence-electron chi connectivity index (χ1n) is 8.31. The van der Waals surface area contributed by atoms with E-state index in [9.17, 15) is 23.1 Å². The van der Waals surface area contributed by atoms with Crippen molar-refractivity contribution >= 4 is 43.5 Å². The van der Waals surface area contributed by atoms with E-state index in [1.54, 1.807) is 6.07 Å². The molecule has 0 atom stereocenters. The molecule has 10 heteroatoms. The normalized spacial score (nSPS) is 15.2. The summed E-state index contributed by atoms with van der Waals surface area (Å²) in [5, 5.41) is 11.8. The van der Waals surface area contributed by atoms with Gasteiger partial charge in [0.25, 0.3) is 5.91 Å². The Hall–Kier alpha value is -2.27. The number of carbonyl (C=O) groups excluding carboxylic acids is 1. The first-order valence-corrected chi connectivity index (χ1v) is 10.5. The highest BCUT2D eigenvalue weighted by atomic mass is 79.9. The highest BCUT2D eigenvalue weighted by Crippen LogP contribution is 2.23. The Bertz CT molecular complexity index is 1020. The van der Waals surface area contributed by atoms with Crippen molar-refractivity contribution in [1.82, 2.24) is 4.31 Å². The van der Waals surface area contributed by atoms with Gasteiger partial charge in [0.1, 0.15) is 0 Å². The lowest BCUT2D eigenvalue weighted by atomic mass is 10.1. The molecule has 2 N–H and O–H groups in total. The zero-order valence-electron chi connectivity index (χ0n) is 14.6. The summed E-state index contributed by atoms with van der Waals surface area (Å²) in [5.74, 6) is -1.80. The van der Waals surface area contributed by atoms with Gasteiger partial charge in [-0.25, -0.2) is 13.2 Å². The van der Waals surface area contributed by atoms with Crippen LogP contribution in [-0.2, 0) is 14.8 Å². The monoisotopic (exact) mass is 468 g/mol. The predicted molar refractivity (Wildman–Crippen MR) is 105 cm³/mol. The number of hydrogen-bond donors (Lipinski definition) is 2. The summed E-state index contributed by atoms with van der Waals surface area (Å²) in [4.78, 5) is 24.0. The fraction of sp³-hybridized carbons (Fsp3) is 0.222. The molecule has 0 aromatic heterocycles. The van der Waals surface area contributed by atoms with Crippen LogP contribution in [0.3, 0.4) is 0 Å². The van der Waals surface area contributed by atoms with E-state index in [0.717, 1.165) is 0 Å². The first-order chi connectivity index (χ1) is 13.3. The third-order valence-corrected chi connectivity index (χ3v) is 6.55. The van der Waals surface area contributed by atoms with E-state index in [4.69, 9.17) is 4.74 Å². The predicted octanol–water partition coefficient (Wildman–Crippen LogP) is 2.42. The van der Waals surface area contributed by atoms with Crippen LogP contribution in [-0.4, -0.2) is 56.0 Å². The summed E-state index contributed by atoms with van der Waals surface area (Å²) in [6.07, 6.45) is 0. The number of nitrogens with zero attached hydrogens (tertiary/aromatic N) is 1. The van der Waals surface area contributed by atoms with Crippen molar-refractivity contribution in [2.45, 2.75) is 4.90 Å². The number of sulfonamides is 1. The molecule has 148 valence electrons. The lowest BCUT2D eigenvalue weighted by Gasteiger charge is -2.26. The van der Waals surface area contributed by atoms with Crippen LogP contribution in [0.25, 0.3) is 0 Å². The van der Waals surface area contributed by atoms with Crippen LogP contribution >= 0.6 is 15.9 Å². The lowest BCUT2D eigenvalue weighted by molar-refractivity contribution is 0.0698. The molecule has 2 aromatic carbocycles. The highest BCUT2D eigenvalue weighted by Gasteiger charge is 2.27. The second-order valence-electron chi connectivity index (χ2n) is 5.99. The molecule has 0 radical (unpaired) electrons. The summed E-state index contributed by atoms with van der Waals surface area (Å²) in [5.41, 5.74) is 0.135. The smallest absolute Gasteiger partial charge is 0.337 e. The van der Waals surface area contributed by atoms with E-state index < -0.39 is 21.9 Å². The zero-order chi connectivity index (χ0) is 20.3. The second-order valence-corrected chi connectivity index (χ2v) is 8.85. The van der Waals surface area contributed by atoms with E-state index in [0.29, 0.717) is 17.7 Å². The minimum Gasteiger partial charge on any atom is -0.478 e. The van der Waals surface area contributed by atoms with Crippen molar-refractivity contribution < 1.29 is 27.9 Å². The quantitative estimate of drug-likeness (QED) is 0.696. The molecule has 28 heavy (non-hydrogen) atoms. The number of ether oxygens (including phenoxy) is 1. The number of halogens is 1. The largest absolute Gasteiger partial charge is 0.478 e. The lowest BCUT2D eigenvalue weighted by Crippen LogP contribution is -2.40. The molecule has 0 bridgehead atoms. The van der Waals surface area contributed by atoms with Gasteiger partial charge in [-0.1, -0.05) is 22.0 Å². The molecule has 8 nitrogen and oxygen atoms in total. The van der Waals surface area contributed by atoms with Gasteiger partial charge in [0, 0.05) is 23.1 Å². The number of morpholine rings is 1. The number of carbonyl (C=O) groups is 2. The number of carboxylic acid groups (broad SMARTS) is 1. The van der Waals surface area contributed by atoms with Crippen LogP contribution < -0.4 is 5.32 Å². The summed E-state index contributed by atoms with van der Waals surface area (Å²) >= 11 is 3.19. The van der Waals surface area contributed by atoms with Gasteiger partial charge in [-0.15, -0.1) is 0 Å². The van der Waals surface area contributed by atoms with Crippen LogP contribution in [0, 0.1) is 0 Å². The van der Waals surface area contributed by atoms with E-state index >= 15 is 0 Å². The maximum Gasteiger partial charge on any atom is 0.337 e. The summed E-state index contributed by atoms with van der Waals surface area (Å²) in [6.45, 7) is 1.14. The molecule has 0 aliphatic carbocycles. The maximum atomic E-state index is 12.8. The van der Waals surface area contributed by atoms with Crippen LogP contribution in [0.5, 0.6) is 0 Å². The molecule has 3 rings (SSSR count). The molecule has 1 heterocycles. The number of aromatic carboxylic acids is 1. The van der Waals surface area contributed by atoms with Gasteiger partial charge >= 0.3 is 5.97 Å². The Balaban J connectivity index is 1.86. The molecule has 1 fully saturated rings. The minimum atomic E-state index is -3.75. The maximum absolute atomic E-state index is 12.8. The number of rotatable bonds is 5. The van der Waals surface area contributed by atoms with Crippen LogP contribution in [0.1, 0.15) is 20.7 Å². The van der Waals surface area contributed by atoms with Gasteiger partial charge in [0.05, 0.1) is 29.4 Å². The molecule has 1 amide bonds. The third-order valence-electron chi connectivity index (χ3n) is 4.16. The SMILES string of the molecule is O=C(Nc1ccc(Br)cc1C(=O)O)c1cccc(S(=O)(=O)N2CCOCC2)c1. The zero-order valence-corrected chi connectivity index (χ0v) is 17.0. The number of hydrogen-bond acceptors (Lipinski definition) is 5. The van der Waals surface area contributed by atoms with Gasteiger partial charge in [-0.2, -0.15) is 4.31 Å². The molecule has 1 aliphatic rings. The number of amides is 1. The van der Waals surface area contributed by atoms with Gasteiger partial charge in [0.15, 0.2) is 0 Å². The molecule has 1 saturated heterocycles. The average molecular weight is 469 g/mol. The molecule has 0 spiro atoms. The van der Waals surface area contributed by atoms with E-state index in [1.807, 2.05) is 0 Å². The van der Waals surface area contributed by atoms with Crippen molar-refractivity contribution in [1.29, 1.82) is 0 Å². The van der Waals surface area contributed by atoms with E-state index in [-0.39, 0.29) is 34.8 Å². The average Bonchev–Trinajstić information content (AvgIpc) is 2.70. The molecule has 0 unspecified atom stereocenters. The first kappa shape index (κ1) is 20.5. The van der Waals surface area contributed by atoms with Crippen LogP contribution in [0.2, 0.25) is 0 Å². The number of anilines is 1. The number of nitrogens with one attached hydrogen (secondary N) is 1. The summed E-state index contributed by atoms with van der Waals surface area (Å²) in [7, 11) is -3.75. The standard InChI is InChI=1S/C18H17BrN2O6S/c19-13-4-5-16(15(11-13)18(23)24)20-17(22)12-2-1-3-14(10-12)28(25,26)21-6-8-27-9-7-21/h1-5,10-11H,6-9H2,(H,20,22)(H,23,24). The van der Waals surface area contributed by atoms with Crippen molar-refractivity contribution in [2.75, 3.05) is 31.6 Å². The van der Waals surface area contributed by atoms with Crippen molar-refractivity contribution in [3.63, 3.8) is 0 Å². The van der Waals surface area contributed by atoms with Gasteiger partial charge in [0.2, 0.25) is 10.0 Å². The second kappa shape index (κ2) is 8.39. The van der Waals surface area contributed by atoms with Gasteiger partial charge in [-0.05, 0) is 36.4 Å².